The minimum atomic E-state index is -0.0750. The fourth-order valence-electron chi connectivity index (χ4n) is 4.33. The number of benzene rings is 2. The van der Waals surface area contributed by atoms with Gasteiger partial charge in [-0.3, -0.25) is 4.90 Å². The lowest BCUT2D eigenvalue weighted by Crippen LogP contribution is -2.42. The summed E-state index contributed by atoms with van der Waals surface area (Å²) in [6, 6.07) is 19.5. The van der Waals surface area contributed by atoms with Crippen molar-refractivity contribution < 1.29 is 14.3 Å². The van der Waals surface area contributed by atoms with Crippen molar-refractivity contribution in [3.63, 3.8) is 0 Å². The number of hydrogen-bond acceptors (Lipinski definition) is 4. The minimum absolute atomic E-state index is 0.0750. The Labute approximate surface area is 183 Å². The average Bonchev–Trinajstić information content (AvgIpc) is 3.24. The Morgan fingerprint density at radius 2 is 1.81 bits per heavy atom. The molecule has 1 amide bonds. The number of likely N-dealkylation sites (tertiary alicyclic amines) is 1. The van der Waals surface area contributed by atoms with Gasteiger partial charge in [-0.15, -0.1) is 0 Å². The van der Waals surface area contributed by atoms with Crippen LogP contribution in [0.4, 0.5) is 4.79 Å². The highest BCUT2D eigenvalue weighted by Crippen LogP contribution is 2.24. The predicted molar refractivity (Wildman–Crippen MR) is 118 cm³/mol. The molecule has 31 heavy (non-hydrogen) atoms. The van der Waals surface area contributed by atoms with Gasteiger partial charge in [0.1, 0.15) is 11.9 Å². The van der Waals surface area contributed by atoms with Gasteiger partial charge in [0.2, 0.25) is 0 Å². The highest BCUT2D eigenvalue weighted by Gasteiger charge is 2.22. The molecule has 6 heteroatoms. The van der Waals surface area contributed by atoms with E-state index in [1.807, 2.05) is 18.2 Å². The van der Waals surface area contributed by atoms with E-state index in [0.717, 1.165) is 49.1 Å². The molecule has 0 radical (unpaired) electrons. The van der Waals surface area contributed by atoms with E-state index in [0.29, 0.717) is 26.3 Å². The molecule has 3 aromatic rings. The highest BCUT2D eigenvalue weighted by molar-refractivity contribution is 5.90. The number of rotatable bonds is 4. The van der Waals surface area contributed by atoms with E-state index in [1.54, 1.807) is 9.47 Å². The smallest absolute Gasteiger partial charge is 0.336 e. The monoisotopic (exact) mass is 417 g/mol. The third kappa shape index (κ3) is 4.53. The number of fused-ring (bicyclic) bond motifs is 1. The topological polar surface area (TPSA) is 46.9 Å². The van der Waals surface area contributed by atoms with Crippen LogP contribution in [0.5, 0.6) is 5.75 Å². The molecule has 0 saturated carbocycles. The van der Waals surface area contributed by atoms with E-state index in [9.17, 15) is 4.79 Å². The van der Waals surface area contributed by atoms with Gasteiger partial charge in [0.25, 0.3) is 0 Å². The van der Waals surface area contributed by atoms with E-state index in [4.69, 9.17) is 9.47 Å². The van der Waals surface area contributed by atoms with Crippen LogP contribution in [-0.2, 0) is 11.3 Å². The first-order chi connectivity index (χ1) is 15.3. The molecule has 160 valence electrons. The van der Waals surface area contributed by atoms with Gasteiger partial charge in [0, 0.05) is 38.9 Å². The number of amides is 1. The van der Waals surface area contributed by atoms with E-state index in [1.165, 1.54) is 5.56 Å². The van der Waals surface area contributed by atoms with Crippen molar-refractivity contribution in [2.24, 2.45) is 0 Å². The number of aromatic nitrogens is 1. The normalized spacial score (nSPS) is 18.1. The second-order valence-corrected chi connectivity index (χ2v) is 8.21. The number of piperidine rings is 1. The van der Waals surface area contributed by atoms with Crippen LogP contribution >= 0.6 is 0 Å². The molecule has 0 bridgehead atoms. The molecule has 0 N–H and O–H groups in total. The van der Waals surface area contributed by atoms with Crippen LogP contribution in [0.1, 0.15) is 18.4 Å². The van der Waals surface area contributed by atoms with Crippen molar-refractivity contribution in [2.75, 3.05) is 39.4 Å². The van der Waals surface area contributed by atoms with Gasteiger partial charge in [-0.25, -0.2) is 9.36 Å². The summed E-state index contributed by atoms with van der Waals surface area (Å²) in [7, 11) is 0. The number of carbonyl (C=O) groups is 1. The minimum Gasteiger partial charge on any atom is -0.490 e. The summed E-state index contributed by atoms with van der Waals surface area (Å²) in [5.41, 5.74) is 2.16. The lowest BCUT2D eigenvalue weighted by atomic mass is 10.1. The third-order valence-electron chi connectivity index (χ3n) is 6.07. The molecule has 3 heterocycles. The Kier molecular flexibility index (Phi) is 5.79. The van der Waals surface area contributed by atoms with Gasteiger partial charge in [-0.2, -0.15) is 0 Å². The molecule has 5 rings (SSSR count). The first kappa shape index (κ1) is 19.9. The fourth-order valence-corrected chi connectivity index (χ4v) is 4.33. The maximum absolute atomic E-state index is 12.8. The van der Waals surface area contributed by atoms with Crippen LogP contribution in [0.2, 0.25) is 0 Å². The van der Waals surface area contributed by atoms with E-state index >= 15 is 0 Å². The quantitative estimate of drug-likeness (QED) is 0.651. The number of carbonyl (C=O) groups excluding carboxylic acids is 1. The van der Waals surface area contributed by atoms with E-state index < -0.39 is 0 Å². The van der Waals surface area contributed by atoms with Gasteiger partial charge in [0.05, 0.1) is 24.1 Å². The molecular weight excluding hydrogens is 390 g/mol. The van der Waals surface area contributed by atoms with Crippen LogP contribution in [-0.4, -0.2) is 65.9 Å². The van der Waals surface area contributed by atoms with Crippen molar-refractivity contribution in [2.45, 2.75) is 25.5 Å². The molecule has 0 atom stereocenters. The molecule has 6 nitrogen and oxygen atoms in total. The van der Waals surface area contributed by atoms with Crippen molar-refractivity contribution >= 4 is 16.9 Å². The Balaban J connectivity index is 1.19. The molecule has 0 aliphatic carbocycles. The molecular formula is C25H27N3O3. The zero-order chi connectivity index (χ0) is 21.0. The molecule has 2 aliphatic heterocycles. The molecule has 1 aromatic heterocycles. The summed E-state index contributed by atoms with van der Waals surface area (Å²) in [6.07, 6.45) is 5.20. The fraction of sp³-hybridized carbons (Fsp3) is 0.400. The van der Waals surface area contributed by atoms with Crippen molar-refractivity contribution in [1.82, 2.24) is 14.4 Å². The summed E-state index contributed by atoms with van der Waals surface area (Å²) < 4.78 is 13.2. The summed E-state index contributed by atoms with van der Waals surface area (Å²) in [5, 5.41) is 0.848. The standard InChI is InChI=1S/C25H27N3O3/c29-25(27-14-16-30-17-15-27)28-13-8-21-18-23(6-7-24(21)28)31-22-9-11-26(12-10-22)19-20-4-2-1-3-5-20/h1-7,18,22H,9-12,14-17,19H2. The molecule has 2 fully saturated rings. The molecule has 2 saturated heterocycles. The van der Waals surface area contributed by atoms with Crippen LogP contribution in [0.15, 0.2) is 48.5 Å². The number of nitrogens with zero attached hydrogens (tertiary/aromatic N) is 3. The zero-order valence-corrected chi connectivity index (χ0v) is 17.6. The van der Waals surface area contributed by atoms with Crippen LogP contribution in [0.25, 0.3) is 10.9 Å². The maximum Gasteiger partial charge on any atom is 0.336 e. The van der Waals surface area contributed by atoms with Gasteiger partial charge >= 0.3 is 6.03 Å². The summed E-state index contributed by atoms with van der Waals surface area (Å²) in [4.78, 5) is 17.1. The van der Waals surface area contributed by atoms with E-state index in [-0.39, 0.29) is 12.1 Å². The van der Waals surface area contributed by atoms with Crippen LogP contribution < -0.4 is 4.74 Å². The lowest BCUT2D eigenvalue weighted by Gasteiger charge is -2.32. The number of hydrogen-bond donors (Lipinski definition) is 0. The highest BCUT2D eigenvalue weighted by atomic mass is 16.5. The second kappa shape index (κ2) is 9.01. The summed E-state index contributed by atoms with van der Waals surface area (Å²) in [6.45, 7) is 5.44. The first-order valence-corrected chi connectivity index (χ1v) is 11.0. The van der Waals surface area contributed by atoms with Crippen molar-refractivity contribution in [3.05, 3.63) is 66.4 Å². The van der Waals surface area contributed by atoms with Gasteiger partial charge in [-0.05, 0) is 42.7 Å². The molecule has 0 unspecified atom stereocenters. The molecule has 2 aliphatic rings. The van der Waals surface area contributed by atoms with E-state index in [2.05, 4.69) is 47.5 Å². The molecule has 2 aromatic carbocycles. The first-order valence-electron chi connectivity index (χ1n) is 11.0. The zero-order valence-electron chi connectivity index (χ0n) is 17.6. The van der Waals surface area contributed by atoms with Crippen LogP contribution in [0, 0.1) is 12.3 Å². The lowest BCUT2D eigenvalue weighted by molar-refractivity contribution is 0.0537. The number of morpholine rings is 1. The van der Waals surface area contributed by atoms with Crippen molar-refractivity contribution in [3.8, 4) is 5.75 Å². The van der Waals surface area contributed by atoms with Crippen LogP contribution in [0.3, 0.4) is 0 Å². The Bertz CT molecular complexity index is 1020. The van der Waals surface area contributed by atoms with Gasteiger partial charge < -0.3 is 14.4 Å². The Morgan fingerprint density at radius 3 is 2.58 bits per heavy atom. The Hall–Kier alpha value is -3.01. The third-order valence-corrected chi connectivity index (χ3v) is 6.07. The molecule has 0 spiro atoms. The van der Waals surface area contributed by atoms with Crippen molar-refractivity contribution in [1.29, 1.82) is 0 Å². The summed E-state index contributed by atoms with van der Waals surface area (Å²) in [5.74, 6) is 0.829. The summed E-state index contributed by atoms with van der Waals surface area (Å²) >= 11 is 0. The predicted octanol–water partition coefficient (Wildman–Crippen LogP) is 3.59. The van der Waals surface area contributed by atoms with Gasteiger partial charge in [0.15, 0.2) is 0 Å². The Morgan fingerprint density at radius 1 is 1.03 bits per heavy atom. The SMILES string of the molecule is O=C(N1CCOCC1)n1c#cc2cc(OC3CCN(Cc4ccccc4)CC3)ccc21. The second-order valence-electron chi connectivity index (χ2n) is 8.21. The number of ether oxygens (including phenoxy) is 2. The maximum atomic E-state index is 12.8. The van der Waals surface area contributed by atoms with Gasteiger partial charge in [-0.1, -0.05) is 30.3 Å². The largest absolute Gasteiger partial charge is 0.490 e. The average molecular weight is 418 g/mol.